The van der Waals surface area contributed by atoms with Crippen molar-refractivity contribution in [3.05, 3.63) is 104 Å². The number of nitrogens with zero attached hydrogens (tertiary/aromatic N) is 4. The van der Waals surface area contributed by atoms with Crippen molar-refractivity contribution in [1.29, 1.82) is 0 Å². The van der Waals surface area contributed by atoms with E-state index in [1.54, 1.807) is 65.8 Å². The second-order valence-corrected chi connectivity index (χ2v) is 19.5. The number of aryl methyl sites for hydroxylation is 1. The van der Waals surface area contributed by atoms with Crippen molar-refractivity contribution in [3.63, 3.8) is 0 Å². The molecule has 0 spiro atoms. The third-order valence-electron chi connectivity index (χ3n) is 14.7. The Balaban J connectivity index is 0.735. The fourth-order valence-corrected chi connectivity index (χ4v) is 10.6. The second-order valence-electron chi connectivity index (χ2n) is 19.5. The maximum absolute atomic E-state index is 15.4. The summed E-state index contributed by atoms with van der Waals surface area (Å²) >= 11 is 0. The fourth-order valence-electron chi connectivity index (χ4n) is 10.6. The van der Waals surface area contributed by atoms with Crippen molar-refractivity contribution < 1.29 is 57.0 Å². The average Bonchev–Trinajstić information content (AvgIpc) is 3.95. The van der Waals surface area contributed by atoms with Gasteiger partial charge in [0.2, 0.25) is 47.3 Å². The monoisotopic (exact) mass is 1040 g/mol. The summed E-state index contributed by atoms with van der Waals surface area (Å²) in [5.41, 5.74) is 5.78. The van der Waals surface area contributed by atoms with Crippen LogP contribution in [-0.2, 0) is 78.6 Å². The number of likely N-dealkylation sites (tertiary alicyclic amines) is 2. The SMILES string of the molecule is C/C=C1\C(=O)OCc2c1cc1n(c2=O)Cc2c-1nc1cc(F)c(C)c3c1c2C(N1CC(COCNC(=O)CNC(=O)C(Cc2ccccc2)NC(=O)CNC(=O)CNC(=O)CCCCCN2C(=O)CCC2=O)C1=O)CC3. The van der Waals surface area contributed by atoms with Crippen molar-refractivity contribution in [2.45, 2.75) is 96.9 Å². The number of ether oxygens (including phenoxy) is 2. The lowest BCUT2D eigenvalue weighted by molar-refractivity contribution is -0.156. The highest BCUT2D eigenvalue weighted by molar-refractivity contribution is 6.18. The molecule has 22 heteroatoms. The number of aromatic nitrogens is 2. The molecular formula is C54H58FN9O12. The molecule has 0 saturated carbocycles. The van der Waals surface area contributed by atoms with Crippen molar-refractivity contribution in [2.24, 2.45) is 5.92 Å². The number of fused-ring (bicyclic) bond motifs is 5. The van der Waals surface area contributed by atoms with Gasteiger partial charge in [0.05, 0.1) is 72.8 Å². The van der Waals surface area contributed by atoms with Gasteiger partial charge in [0.1, 0.15) is 25.2 Å². The number of cyclic esters (lactones) is 1. The van der Waals surface area contributed by atoms with E-state index in [1.165, 1.54) is 11.0 Å². The molecule has 5 N–H and O–H groups in total. The van der Waals surface area contributed by atoms with Crippen LogP contribution in [0.5, 0.6) is 0 Å². The molecule has 2 fully saturated rings. The molecule has 2 saturated heterocycles. The number of benzene rings is 2. The number of imide groups is 1. The summed E-state index contributed by atoms with van der Waals surface area (Å²) in [6.45, 7) is 2.45. The number of hydrogen-bond donors (Lipinski definition) is 5. The van der Waals surface area contributed by atoms with Gasteiger partial charge in [-0.25, -0.2) is 14.2 Å². The third-order valence-corrected chi connectivity index (χ3v) is 14.7. The molecule has 2 aromatic carbocycles. The second kappa shape index (κ2) is 22.8. The summed E-state index contributed by atoms with van der Waals surface area (Å²) in [4.78, 5) is 136. The van der Waals surface area contributed by atoms with Gasteiger partial charge in [-0.3, -0.25) is 48.1 Å². The Hall–Kier alpha value is -8.14. The number of halogens is 1. The van der Waals surface area contributed by atoms with Crippen molar-refractivity contribution >= 4 is 69.7 Å². The normalized spacial score (nSPS) is 18.1. The predicted octanol–water partition coefficient (Wildman–Crippen LogP) is 1.65. The molecule has 3 atom stereocenters. The van der Waals surface area contributed by atoms with Crippen molar-refractivity contribution in [1.82, 2.24) is 45.9 Å². The molecule has 5 aliphatic rings. The number of pyridine rings is 2. The topological polar surface area (TPSA) is 274 Å². The van der Waals surface area contributed by atoms with Crippen LogP contribution in [0.1, 0.15) is 96.9 Å². The number of amides is 8. The standard InChI is InChI=1S/C54H58FN9O12/c1-3-32-34-19-41-50-35(25-64(41)53(73)36(34)27-76-54(32)74)49-40(14-13-33-29(2)37(55)20-38(61-50)48(33)49)63-24-31(52(63)72)26-75-28-59-44(67)22-58-51(71)39(18-30-10-6-4-7-11-30)60-45(68)23-57-43(66)21-56-42(65)12-8-5-9-17-62-46(69)15-16-47(62)70/h3-4,6-7,10-11,19-20,31,39-40H,5,8-9,12-18,21-28H2,1-2H3,(H,56,65)(H,57,66)(H,58,71)(H,59,67)(H,60,68)/b32-3-. The molecule has 398 valence electrons. The summed E-state index contributed by atoms with van der Waals surface area (Å²) < 4.78 is 28.1. The Morgan fingerprint density at radius 3 is 2.33 bits per heavy atom. The zero-order valence-corrected chi connectivity index (χ0v) is 42.1. The molecule has 6 heterocycles. The molecule has 4 aromatic rings. The van der Waals surface area contributed by atoms with E-state index in [-0.39, 0.29) is 93.5 Å². The first-order valence-corrected chi connectivity index (χ1v) is 25.5. The molecule has 0 radical (unpaired) electrons. The minimum atomic E-state index is -1.13. The predicted molar refractivity (Wildman–Crippen MR) is 269 cm³/mol. The van der Waals surface area contributed by atoms with E-state index in [4.69, 9.17) is 14.5 Å². The van der Waals surface area contributed by atoms with Gasteiger partial charge in [0, 0.05) is 61.4 Å². The van der Waals surface area contributed by atoms with E-state index in [0.717, 1.165) is 22.1 Å². The maximum Gasteiger partial charge on any atom is 0.338 e. The summed E-state index contributed by atoms with van der Waals surface area (Å²) in [5.74, 6) is -4.98. The number of allylic oxidation sites excluding steroid dienone is 1. The van der Waals surface area contributed by atoms with Crippen LogP contribution in [-0.4, -0.2) is 125 Å². The highest BCUT2D eigenvalue weighted by Gasteiger charge is 2.45. The molecule has 1 aliphatic carbocycles. The van der Waals surface area contributed by atoms with Gasteiger partial charge < -0.3 is 45.5 Å². The van der Waals surface area contributed by atoms with Crippen LogP contribution < -0.4 is 32.1 Å². The van der Waals surface area contributed by atoms with E-state index >= 15 is 4.39 Å². The Labute approximate surface area is 435 Å². The van der Waals surface area contributed by atoms with Gasteiger partial charge in [0.15, 0.2) is 0 Å². The van der Waals surface area contributed by atoms with E-state index in [9.17, 15) is 47.9 Å². The fraction of sp³-hybridized carbons (Fsp3) is 0.426. The van der Waals surface area contributed by atoms with Crippen LogP contribution in [0.3, 0.4) is 0 Å². The third kappa shape index (κ3) is 11.0. The van der Waals surface area contributed by atoms with Gasteiger partial charge in [-0.1, -0.05) is 42.8 Å². The zero-order valence-electron chi connectivity index (χ0n) is 42.1. The quantitative estimate of drug-likeness (QED) is 0.0175. The summed E-state index contributed by atoms with van der Waals surface area (Å²) in [7, 11) is 0. The lowest BCUT2D eigenvalue weighted by atomic mass is 9.79. The van der Waals surface area contributed by atoms with Crippen molar-refractivity contribution in [2.75, 3.05) is 46.1 Å². The maximum atomic E-state index is 15.4. The summed E-state index contributed by atoms with van der Waals surface area (Å²) in [6.07, 6.45) is 4.92. The summed E-state index contributed by atoms with van der Waals surface area (Å²) in [5, 5.41) is 13.3. The Kier molecular flexibility index (Phi) is 15.8. The molecule has 8 amide bonds. The number of unbranched alkanes of at least 4 members (excludes halogenated alkanes) is 2. The van der Waals surface area contributed by atoms with E-state index < -0.39 is 66.5 Å². The van der Waals surface area contributed by atoms with Crippen LogP contribution in [0.4, 0.5) is 4.39 Å². The number of nitrogens with one attached hydrogen (secondary N) is 5. The minimum absolute atomic E-state index is 0.0112. The van der Waals surface area contributed by atoms with Crippen LogP contribution in [0, 0.1) is 18.7 Å². The van der Waals surface area contributed by atoms with Gasteiger partial charge >= 0.3 is 5.97 Å². The van der Waals surface area contributed by atoms with E-state index in [1.807, 2.05) is 0 Å². The van der Waals surface area contributed by atoms with Crippen LogP contribution in [0.25, 0.3) is 27.9 Å². The van der Waals surface area contributed by atoms with Gasteiger partial charge in [-0.2, -0.15) is 0 Å². The molecule has 76 heavy (non-hydrogen) atoms. The first-order chi connectivity index (χ1) is 36.6. The lowest BCUT2D eigenvalue weighted by Gasteiger charge is -2.46. The van der Waals surface area contributed by atoms with Crippen molar-refractivity contribution in [3.8, 4) is 11.4 Å². The molecule has 21 nitrogen and oxygen atoms in total. The first kappa shape index (κ1) is 52.7. The van der Waals surface area contributed by atoms with Gasteiger partial charge in [-0.05, 0) is 67.9 Å². The molecular weight excluding hydrogens is 986 g/mol. The number of esters is 1. The van der Waals surface area contributed by atoms with Crippen LogP contribution in [0.15, 0.2) is 53.3 Å². The molecule has 0 bridgehead atoms. The minimum Gasteiger partial charge on any atom is -0.457 e. The molecule has 3 unspecified atom stereocenters. The number of β-lactam (4-membered cyclic amide) rings is 1. The highest BCUT2D eigenvalue weighted by Crippen LogP contribution is 2.48. The van der Waals surface area contributed by atoms with Gasteiger partial charge in [-0.15, -0.1) is 0 Å². The van der Waals surface area contributed by atoms with E-state index in [0.29, 0.717) is 84.4 Å². The highest BCUT2D eigenvalue weighted by atomic mass is 19.1. The lowest BCUT2D eigenvalue weighted by Crippen LogP contribution is -2.56. The largest absolute Gasteiger partial charge is 0.457 e. The molecule has 4 aliphatic heterocycles. The summed E-state index contributed by atoms with van der Waals surface area (Å²) in [6, 6.07) is 10.5. The Bertz CT molecular complexity index is 3160. The molecule has 2 aromatic heterocycles. The zero-order chi connectivity index (χ0) is 53.8. The first-order valence-electron chi connectivity index (χ1n) is 25.5. The Morgan fingerprint density at radius 1 is 0.855 bits per heavy atom. The van der Waals surface area contributed by atoms with Crippen LogP contribution >= 0.6 is 0 Å². The number of rotatable bonds is 21. The van der Waals surface area contributed by atoms with Crippen LogP contribution in [0.2, 0.25) is 0 Å². The Morgan fingerprint density at radius 2 is 1.58 bits per heavy atom. The van der Waals surface area contributed by atoms with Gasteiger partial charge in [0.25, 0.3) is 5.56 Å². The smallest absolute Gasteiger partial charge is 0.338 e. The van der Waals surface area contributed by atoms with E-state index in [2.05, 4.69) is 26.6 Å². The number of carbonyl (C=O) groups is 9. The molecule has 9 rings (SSSR count). The average molecular weight is 1040 g/mol. The number of hydrogen-bond acceptors (Lipinski definition) is 13. The number of carbonyl (C=O) groups excluding carboxylic acids is 9.